The molecule has 0 spiro atoms. The number of rotatable bonds is 8. The maximum atomic E-state index is 12.5. The number of methoxy groups -OCH3 is 2. The number of sulfonamides is 1. The molecule has 0 unspecified atom stereocenters. The molecule has 0 saturated carbocycles. The van der Waals surface area contributed by atoms with Crippen LogP contribution in [0.2, 0.25) is 5.02 Å². The van der Waals surface area contributed by atoms with Crippen molar-refractivity contribution >= 4 is 33.3 Å². The fourth-order valence-electron chi connectivity index (χ4n) is 3.26. The lowest BCUT2D eigenvalue weighted by Crippen LogP contribution is -2.49. The Labute approximate surface area is 187 Å². The number of nitrogens with one attached hydrogen (secondary N) is 1. The van der Waals surface area contributed by atoms with Crippen LogP contribution in [0.15, 0.2) is 41.4 Å². The Morgan fingerprint density at radius 2 is 1.81 bits per heavy atom. The SMILES string of the molecule is COc1ccc(S(=O)(=O)NCCC(=O)N2CCN(c3ccc(Cl)cn3)CC2)cc1OC. The summed E-state index contributed by atoms with van der Waals surface area (Å²) >= 11 is 5.87. The molecule has 1 N–H and O–H groups in total. The number of anilines is 1. The topological polar surface area (TPSA) is 101 Å². The quantitative estimate of drug-likeness (QED) is 0.630. The second-order valence-corrected chi connectivity index (χ2v) is 9.07. The standard InChI is InChI=1S/C20H25ClN4O5S/c1-29-17-5-4-16(13-18(17)30-2)31(27,28)23-8-7-20(26)25-11-9-24(10-12-25)19-6-3-15(21)14-22-19/h3-6,13-14,23H,7-12H2,1-2H3. The van der Waals surface area contributed by atoms with Gasteiger partial charge in [-0.2, -0.15) is 0 Å². The molecular weight excluding hydrogens is 444 g/mol. The summed E-state index contributed by atoms with van der Waals surface area (Å²) < 4.78 is 37.8. The predicted molar refractivity (Wildman–Crippen MR) is 117 cm³/mol. The van der Waals surface area contributed by atoms with E-state index in [2.05, 4.69) is 14.6 Å². The Morgan fingerprint density at radius 1 is 1.10 bits per heavy atom. The Hall–Kier alpha value is -2.56. The van der Waals surface area contributed by atoms with Crippen molar-refractivity contribution in [3.05, 3.63) is 41.6 Å². The fourth-order valence-corrected chi connectivity index (χ4v) is 4.42. The average Bonchev–Trinajstić information content (AvgIpc) is 2.79. The van der Waals surface area contributed by atoms with Crippen LogP contribution < -0.4 is 19.1 Å². The number of aromatic nitrogens is 1. The molecule has 0 aliphatic carbocycles. The third kappa shape index (κ3) is 5.78. The van der Waals surface area contributed by atoms with Crippen LogP contribution in [0.25, 0.3) is 0 Å². The van der Waals surface area contributed by atoms with Crippen molar-refractivity contribution in [1.29, 1.82) is 0 Å². The van der Waals surface area contributed by atoms with Crippen molar-refractivity contribution in [1.82, 2.24) is 14.6 Å². The molecule has 1 amide bonds. The third-order valence-electron chi connectivity index (χ3n) is 4.96. The lowest BCUT2D eigenvalue weighted by molar-refractivity contribution is -0.131. The van der Waals surface area contributed by atoms with E-state index in [-0.39, 0.29) is 23.8 Å². The van der Waals surface area contributed by atoms with Gasteiger partial charge >= 0.3 is 0 Å². The first-order valence-corrected chi connectivity index (χ1v) is 11.6. The molecule has 2 aromatic rings. The largest absolute Gasteiger partial charge is 0.493 e. The molecule has 1 aromatic carbocycles. The number of hydrogen-bond acceptors (Lipinski definition) is 7. The van der Waals surface area contributed by atoms with Crippen molar-refractivity contribution in [2.24, 2.45) is 0 Å². The number of ether oxygens (including phenoxy) is 2. The van der Waals surface area contributed by atoms with E-state index < -0.39 is 10.0 Å². The molecule has 0 radical (unpaired) electrons. The lowest BCUT2D eigenvalue weighted by atomic mass is 10.2. The van der Waals surface area contributed by atoms with Crippen LogP contribution in [0.4, 0.5) is 5.82 Å². The number of piperazine rings is 1. The van der Waals surface area contributed by atoms with Gasteiger partial charge in [-0.25, -0.2) is 18.1 Å². The lowest BCUT2D eigenvalue weighted by Gasteiger charge is -2.35. The molecule has 1 saturated heterocycles. The third-order valence-corrected chi connectivity index (χ3v) is 6.65. The normalized spacial score (nSPS) is 14.4. The van der Waals surface area contributed by atoms with Crippen LogP contribution in [0.3, 0.4) is 0 Å². The highest BCUT2D eigenvalue weighted by Gasteiger charge is 2.23. The van der Waals surface area contributed by atoms with Gasteiger partial charge in [0.1, 0.15) is 5.82 Å². The predicted octanol–water partition coefficient (Wildman–Crippen LogP) is 1.77. The van der Waals surface area contributed by atoms with Crippen LogP contribution in [0.5, 0.6) is 11.5 Å². The number of pyridine rings is 1. The molecule has 1 aliphatic rings. The van der Waals surface area contributed by atoms with Gasteiger partial charge in [0.15, 0.2) is 11.5 Å². The molecular formula is C20H25ClN4O5S. The Bertz CT molecular complexity index is 1010. The molecule has 2 heterocycles. The zero-order valence-electron chi connectivity index (χ0n) is 17.4. The Balaban J connectivity index is 1.49. The molecule has 9 nitrogen and oxygen atoms in total. The van der Waals surface area contributed by atoms with Gasteiger partial charge in [-0.3, -0.25) is 4.79 Å². The van der Waals surface area contributed by atoms with Crippen molar-refractivity contribution < 1.29 is 22.7 Å². The molecule has 0 atom stereocenters. The second-order valence-electron chi connectivity index (χ2n) is 6.87. The van der Waals surface area contributed by atoms with Crippen molar-refractivity contribution in [3.8, 4) is 11.5 Å². The van der Waals surface area contributed by atoms with Crippen molar-refractivity contribution in [2.75, 3.05) is 51.8 Å². The first kappa shape index (κ1) is 23.1. The minimum atomic E-state index is -3.78. The maximum absolute atomic E-state index is 12.5. The van der Waals surface area contributed by atoms with E-state index in [9.17, 15) is 13.2 Å². The van der Waals surface area contributed by atoms with E-state index >= 15 is 0 Å². The van der Waals surface area contributed by atoms with E-state index in [4.69, 9.17) is 21.1 Å². The summed E-state index contributed by atoms with van der Waals surface area (Å²) in [6.07, 6.45) is 1.67. The van der Waals surface area contributed by atoms with Crippen molar-refractivity contribution in [3.63, 3.8) is 0 Å². The molecule has 1 aromatic heterocycles. The second kappa shape index (κ2) is 10.2. The van der Waals surface area contributed by atoms with Gasteiger partial charge in [0.05, 0.1) is 24.1 Å². The van der Waals surface area contributed by atoms with Gasteiger partial charge < -0.3 is 19.3 Å². The highest BCUT2D eigenvalue weighted by Crippen LogP contribution is 2.29. The van der Waals surface area contributed by atoms with Crippen molar-refractivity contribution in [2.45, 2.75) is 11.3 Å². The Morgan fingerprint density at radius 3 is 2.42 bits per heavy atom. The summed E-state index contributed by atoms with van der Waals surface area (Å²) in [5.41, 5.74) is 0. The van der Waals surface area contributed by atoms with Gasteiger partial charge in [0.2, 0.25) is 15.9 Å². The molecule has 11 heteroatoms. The summed E-state index contributed by atoms with van der Waals surface area (Å²) in [7, 11) is -0.869. The van der Waals surface area contributed by atoms with E-state index in [1.807, 2.05) is 6.07 Å². The van der Waals surface area contributed by atoms with Crippen LogP contribution >= 0.6 is 11.6 Å². The van der Waals surface area contributed by atoms with E-state index in [0.29, 0.717) is 42.7 Å². The average molecular weight is 469 g/mol. The van der Waals surface area contributed by atoms with Gasteiger partial charge in [-0.15, -0.1) is 0 Å². The minimum Gasteiger partial charge on any atom is -0.493 e. The molecule has 1 fully saturated rings. The van der Waals surface area contributed by atoms with Crippen LogP contribution in [-0.4, -0.2) is 71.2 Å². The number of halogens is 1. The van der Waals surface area contributed by atoms with Crippen LogP contribution in [0.1, 0.15) is 6.42 Å². The van der Waals surface area contributed by atoms with E-state index in [0.717, 1.165) is 5.82 Å². The summed E-state index contributed by atoms with van der Waals surface area (Å²) in [5.74, 6) is 1.47. The smallest absolute Gasteiger partial charge is 0.240 e. The minimum absolute atomic E-state index is 0.00840. The fraction of sp³-hybridized carbons (Fsp3) is 0.400. The van der Waals surface area contributed by atoms with E-state index in [1.165, 1.54) is 32.4 Å². The van der Waals surface area contributed by atoms with Gasteiger partial charge in [-0.05, 0) is 24.3 Å². The number of nitrogens with zero attached hydrogens (tertiary/aromatic N) is 3. The first-order valence-electron chi connectivity index (χ1n) is 9.70. The zero-order chi connectivity index (χ0) is 22.4. The molecule has 1 aliphatic heterocycles. The number of hydrogen-bond donors (Lipinski definition) is 1. The molecule has 31 heavy (non-hydrogen) atoms. The number of carbonyl (C=O) groups excluding carboxylic acids is 1. The van der Waals surface area contributed by atoms with Gasteiger partial charge in [0, 0.05) is 51.4 Å². The molecule has 0 bridgehead atoms. The number of carbonyl (C=O) groups is 1. The van der Waals surface area contributed by atoms with Crippen LogP contribution in [0, 0.1) is 0 Å². The summed E-state index contributed by atoms with van der Waals surface area (Å²) in [4.78, 5) is 20.7. The van der Waals surface area contributed by atoms with Crippen LogP contribution in [-0.2, 0) is 14.8 Å². The first-order chi connectivity index (χ1) is 14.8. The summed E-state index contributed by atoms with van der Waals surface area (Å²) in [6.45, 7) is 2.40. The highest BCUT2D eigenvalue weighted by molar-refractivity contribution is 7.89. The number of benzene rings is 1. The molecule has 3 rings (SSSR count). The summed E-state index contributed by atoms with van der Waals surface area (Å²) in [6, 6.07) is 7.96. The molecule has 168 valence electrons. The van der Waals surface area contributed by atoms with Gasteiger partial charge in [-0.1, -0.05) is 11.6 Å². The maximum Gasteiger partial charge on any atom is 0.240 e. The number of amides is 1. The van der Waals surface area contributed by atoms with Gasteiger partial charge in [0.25, 0.3) is 0 Å². The highest BCUT2D eigenvalue weighted by atomic mass is 35.5. The van der Waals surface area contributed by atoms with E-state index in [1.54, 1.807) is 17.2 Å². The zero-order valence-corrected chi connectivity index (χ0v) is 18.9. The Kier molecular flexibility index (Phi) is 7.58. The monoisotopic (exact) mass is 468 g/mol. The summed E-state index contributed by atoms with van der Waals surface area (Å²) in [5, 5.41) is 0.577.